The van der Waals surface area contributed by atoms with Crippen LogP contribution in [0, 0.1) is 5.41 Å². The highest BCUT2D eigenvalue weighted by molar-refractivity contribution is 5.94. The van der Waals surface area contributed by atoms with Crippen molar-refractivity contribution in [3.63, 3.8) is 0 Å². The van der Waals surface area contributed by atoms with Crippen molar-refractivity contribution in [2.45, 2.75) is 39.4 Å². The number of aryl methyl sites for hydroxylation is 1. The van der Waals surface area contributed by atoms with Crippen LogP contribution >= 0.6 is 0 Å². The van der Waals surface area contributed by atoms with Crippen molar-refractivity contribution >= 4 is 5.91 Å². The Morgan fingerprint density at radius 1 is 1.48 bits per heavy atom. The molecule has 0 bridgehead atoms. The third kappa shape index (κ3) is 2.26. The van der Waals surface area contributed by atoms with E-state index in [1.54, 1.807) is 9.58 Å². The number of fused-ring (bicyclic) bond motifs is 1. The van der Waals surface area contributed by atoms with Crippen molar-refractivity contribution in [3.8, 4) is 0 Å². The summed E-state index contributed by atoms with van der Waals surface area (Å²) in [5, 5.41) is 13.7. The summed E-state index contributed by atoms with van der Waals surface area (Å²) in [4.78, 5) is 14.4. The molecule has 0 aromatic carbocycles. The molecule has 0 unspecified atom stereocenters. The van der Waals surface area contributed by atoms with Crippen LogP contribution < -0.4 is 0 Å². The lowest BCUT2D eigenvalue weighted by atomic mass is 9.82. The number of ether oxygens (including phenoxy) is 1. The summed E-state index contributed by atoms with van der Waals surface area (Å²) in [6.45, 7) is 7.30. The Labute approximate surface area is 124 Å². The molecule has 0 radical (unpaired) electrons. The van der Waals surface area contributed by atoms with E-state index >= 15 is 0 Å². The van der Waals surface area contributed by atoms with Gasteiger partial charge in [0.1, 0.15) is 0 Å². The zero-order valence-electron chi connectivity index (χ0n) is 13.1. The van der Waals surface area contributed by atoms with Gasteiger partial charge in [-0.05, 0) is 13.8 Å². The third-order valence-electron chi connectivity index (χ3n) is 4.52. The second-order valence-electron chi connectivity index (χ2n) is 6.76. The average Bonchev–Trinajstić information content (AvgIpc) is 2.71. The van der Waals surface area contributed by atoms with Gasteiger partial charge >= 0.3 is 0 Å². The van der Waals surface area contributed by atoms with Crippen LogP contribution in [0.25, 0.3) is 0 Å². The standard InChI is InChI=1S/C15H23N3O3/c1-9-5-11-12(16-17(4)13(11)10(2)21-9)14(20)18-6-15(3,7-18)8-19/h9-10,19H,5-8H2,1-4H3/t9-,10+/m1/s1. The zero-order valence-corrected chi connectivity index (χ0v) is 13.1. The van der Waals surface area contributed by atoms with Gasteiger partial charge in [-0.3, -0.25) is 9.48 Å². The first-order valence-electron chi connectivity index (χ1n) is 7.46. The molecule has 1 amide bonds. The van der Waals surface area contributed by atoms with Crippen LogP contribution in [0.3, 0.4) is 0 Å². The van der Waals surface area contributed by atoms with Gasteiger partial charge in [0.2, 0.25) is 0 Å². The topological polar surface area (TPSA) is 67.6 Å². The van der Waals surface area contributed by atoms with Crippen LogP contribution in [-0.4, -0.2) is 51.5 Å². The Morgan fingerprint density at radius 3 is 2.76 bits per heavy atom. The predicted molar refractivity (Wildman–Crippen MR) is 77.0 cm³/mol. The summed E-state index contributed by atoms with van der Waals surface area (Å²) < 4.78 is 7.59. The van der Waals surface area contributed by atoms with Crippen LogP contribution in [0.15, 0.2) is 0 Å². The lowest BCUT2D eigenvalue weighted by Gasteiger charge is -2.46. The van der Waals surface area contributed by atoms with Gasteiger partial charge in [0.15, 0.2) is 5.69 Å². The quantitative estimate of drug-likeness (QED) is 0.879. The molecule has 6 heteroatoms. The minimum absolute atomic E-state index is 0.0286. The normalized spacial score (nSPS) is 27.2. The molecule has 0 aliphatic carbocycles. The summed E-state index contributed by atoms with van der Waals surface area (Å²) in [6.07, 6.45) is 0.781. The highest BCUT2D eigenvalue weighted by atomic mass is 16.5. The first-order valence-corrected chi connectivity index (χ1v) is 7.46. The number of likely N-dealkylation sites (tertiary alicyclic amines) is 1. The number of rotatable bonds is 2. The maximum absolute atomic E-state index is 12.7. The lowest BCUT2D eigenvalue weighted by Crippen LogP contribution is -2.58. The van der Waals surface area contributed by atoms with Crippen LogP contribution in [0.2, 0.25) is 0 Å². The summed E-state index contributed by atoms with van der Waals surface area (Å²) in [5.41, 5.74) is 2.41. The molecule has 1 aromatic heterocycles. The van der Waals surface area contributed by atoms with Gasteiger partial charge in [-0.1, -0.05) is 6.92 Å². The smallest absolute Gasteiger partial charge is 0.274 e. The van der Waals surface area contributed by atoms with E-state index in [9.17, 15) is 9.90 Å². The second kappa shape index (κ2) is 4.81. The van der Waals surface area contributed by atoms with Crippen LogP contribution in [0.4, 0.5) is 0 Å². The first kappa shape index (κ1) is 14.5. The molecule has 2 atom stereocenters. The minimum Gasteiger partial charge on any atom is -0.396 e. The number of aliphatic hydroxyl groups excluding tert-OH is 1. The number of hydrogen-bond acceptors (Lipinski definition) is 4. The number of hydrogen-bond donors (Lipinski definition) is 1. The van der Waals surface area contributed by atoms with Gasteiger partial charge in [0.25, 0.3) is 5.91 Å². The van der Waals surface area contributed by atoms with Gasteiger partial charge in [-0.2, -0.15) is 5.10 Å². The SMILES string of the molecule is C[C@@H]1Cc2c(C(=O)N3CC(C)(CO)C3)nn(C)c2[C@H](C)O1. The van der Waals surface area contributed by atoms with Crippen molar-refractivity contribution in [2.75, 3.05) is 19.7 Å². The number of carbonyl (C=O) groups is 1. The monoisotopic (exact) mass is 293 g/mol. The van der Waals surface area contributed by atoms with E-state index in [0.717, 1.165) is 17.7 Å². The molecular weight excluding hydrogens is 270 g/mol. The molecule has 6 nitrogen and oxygen atoms in total. The molecule has 3 rings (SSSR count). The highest BCUT2D eigenvalue weighted by Gasteiger charge is 2.43. The van der Waals surface area contributed by atoms with Gasteiger partial charge in [0, 0.05) is 37.5 Å². The van der Waals surface area contributed by atoms with Gasteiger partial charge < -0.3 is 14.7 Å². The summed E-state index contributed by atoms with van der Waals surface area (Å²) in [6, 6.07) is 0. The highest BCUT2D eigenvalue weighted by Crippen LogP contribution is 2.35. The van der Waals surface area contributed by atoms with E-state index in [2.05, 4.69) is 5.10 Å². The molecule has 0 saturated carbocycles. The molecule has 0 spiro atoms. The number of aromatic nitrogens is 2. The fraction of sp³-hybridized carbons (Fsp3) is 0.733. The molecule has 2 aliphatic rings. The molecular formula is C15H23N3O3. The van der Waals surface area contributed by atoms with Crippen LogP contribution in [-0.2, 0) is 18.2 Å². The Bertz CT molecular complexity index is 575. The fourth-order valence-electron chi connectivity index (χ4n) is 3.48. The predicted octanol–water partition coefficient (Wildman–Crippen LogP) is 0.897. The van der Waals surface area contributed by atoms with Crippen molar-refractivity contribution in [1.29, 1.82) is 0 Å². The molecule has 1 N–H and O–H groups in total. The molecule has 1 aromatic rings. The van der Waals surface area contributed by atoms with E-state index in [0.29, 0.717) is 18.8 Å². The number of nitrogens with zero attached hydrogens (tertiary/aromatic N) is 3. The van der Waals surface area contributed by atoms with Crippen molar-refractivity contribution in [3.05, 3.63) is 17.0 Å². The van der Waals surface area contributed by atoms with E-state index in [1.165, 1.54) is 0 Å². The van der Waals surface area contributed by atoms with E-state index < -0.39 is 0 Å². The van der Waals surface area contributed by atoms with Crippen LogP contribution in [0.5, 0.6) is 0 Å². The largest absolute Gasteiger partial charge is 0.396 e. The summed E-state index contributed by atoms with van der Waals surface area (Å²) in [7, 11) is 1.86. The minimum atomic E-state index is -0.159. The third-order valence-corrected chi connectivity index (χ3v) is 4.52. The molecule has 21 heavy (non-hydrogen) atoms. The zero-order chi connectivity index (χ0) is 15.4. The molecule has 3 heterocycles. The summed E-state index contributed by atoms with van der Waals surface area (Å²) >= 11 is 0. The van der Waals surface area contributed by atoms with Crippen molar-refractivity contribution in [1.82, 2.24) is 14.7 Å². The molecule has 1 fully saturated rings. The fourth-order valence-corrected chi connectivity index (χ4v) is 3.48. The molecule has 1 saturated heterocycles. The van der Waals surface area contributed by atoms with Crippen molar-refractivity contribution < 1.29 is 14.6 Å². The first-order chi connectivity index (χ1) is 9.84. The Kier molecular flexibility index (Phi) is 3.33. The Morgan fingerprint density at radius 2 is 2.14 bits per heavy atom. The second-order valence-corrected chi connectivity index (χ2v) is 6.76. The van der Waals surface area contributed by atoms with Gasteiger partial charge in [-0.15, -0.1) is 0 Å². The maximum atomic E-state index is 12.7. The van der Waals surface area contributed by atoms with Crippen LogP contribution in [0.1, 0.15) is 48.6 Å². The Balaban J connectivity index is 1.87. The number of aliphatic hydroxyl groups is 1. The molecule has 2 aliphatic heterocycles. The average molecular weight is 293 g/mol. The van der Waals surface area contributed by atoms with E-state index in [4.69, 9.17) is 4.74 Å². The van der Waals surface area contributed by atoms with E-state index in [1.807, 2.05) is 27.8 Å². The summed E-state index contributed by atoms with van der Waals surface area (Å²) in [5.74, 6) is -0.0286. The number of carbonyl (C=O) groups excluding carboxylic acids is 1. The van der Waals surface area contributed by atoms with E-state index in [-0.39, 0.29) is 30.1 Å². The molecule has 116 valence electrons. The lowest BCUT2D eigenvalue weighted by molar-refractivity contribution is -0.0165. The van der Waals surface area contributed by atoms with Gasteiger partial charge in [-0.25, -0.2) is 0 Å². The maximum Gasteiger partial charge on any atom is 0.274 e. The Hall–Kier alpha value is -1.40. The van der Waals surface area contributed by atoms with Crippen molar-refractivity contribution in [2.24, 2.45) is 12.5 Å². The van der Waals surface area contributed by atoms with Gasteiger partial charge in [0.05, 0.1) is 24.5 Å². The number of amides is 1.